The van der Waals surface area contributed by atoms with Crippen molar-refractivity contribution in [1.29, 1.82) is 0 Å². The first kappa shape index (κ1) is 14.5. The SMILES string of the molecule is O=C(CNC1CCS(=O)(=O)c2ccc(F)cc21)NC1CC1. The minimum atomic E-state index is -3.35. The molecule has 7 heteroatoms. The minimum Gasteiger partial charge on any atom is -0.352 e. The molecule has 5 nitrogen and oxygen atoms in total. The predicted molar refractivity (Wildman–Crippen MR) is 75.0 cm³/mol. The number of amides is 1. The second-order valence-electron chi connectivity index (χ2n) is 5.56. The van der Waals surface area contributed by atoms with E-state index in [0.717, 1.165) is 18.9 Å². The number of hydrogen-bond donors (Lipinski definition) is 2. The first-order chi connectivity index (χ1) is 9.95. The fourth-order valence-corrected chi connectivity index (χ4v) is 4.15. The number of carbonyl (C=O) groups excluding carboxylic acids is 1. The van der Waals surface area contributed by atoms with E-state index in [9.17, 15) is 17.6 Å². The van der Waals surface area contributed by atoms with Crippen molar-refractivity contribution < 1.29 is 17.6 Å². The van der Waals surface area contributed by atoms with Crippen LogP contribution in [0.1, 0.15) is 30.9 Å². The molecule has 1 amide bonds. The summed E-state index contributed by atoms with van der Waals surface area (Å²) in [5.74, 6) is -0.572. The van der Waals surface area contributed by atoms with E-state index in [1.165, 1.54) is 12.1 Å². The van der Waals surface area contributed by atoms with Gasteiger partial charge >= 0.3 is 0 Å². The van der Waals surface area contributed by atoms with Gasteiger partial charge in [-0.2, -0.15) is 0 Å². The zero-order chi connectivity index (χ0) is 15.0. The summed E-state index contributed by atoms with van der Waals surface area (Å²) >= 11 is 0. The molecule has 1 saturated carbocycles. The fraction of sp³-hybridized carbons (Fsp3) is 0.500. The summed E-state index contributed by atoms with van der Waals surface area (Å²) < 4.78 is 37.4. The molecule has 114 valence electrons. The van der Waals surface area contributed by atoms with Gasteiger partial charge in [-0.15, -0.1) is 0 Å². The van der Waals surface area contributed by atoms with Crippen LogP contribution in [0.25, 0.3) is 0 Å². The van der Waals surface area contributed by atoms with Crippen LogP contribution in [0.4, 0.5) is 4.39 Å². The van der Waals surface area contributed by atoms with E-state index in [1.54, 1.807) is 0 Å². The zero-order valence-electron chi connectivity index (χ0n) is 11.4. The van der Waals surface area contributed by atoms with Crippen molar-refractivity contribution in [1.82, 2.24) is 10.6 Å². The van der Waals surface area contributed by atoms with Crippen molar-refractivity contribution in [2.75, 3.05) is 12.3 Å². The molecule has 1 atom stereocenters. The number of rotatable bonds is 4. The summed E-state index contributed by atoms with van der Waals surface area (Å²) in [5, 5.41) is 5.88. The van der Waals surface area contributed by atoms with E-state index < -0.39 is 15.7 Å². The van der Waals surface area contributed by atoms with Crippen molar-refractivity contribution in [2.45, 2.75) is 36.2 Å². The highest BCUT2D eigenvalue weighted by atomic mass is 32.2. The molecule has 1 heterocycles. The van der Waals surface area contributed by atoms with Crippen molar-refractivity contribution >= 4 is 15.7 Å². The Morgan fingerprint density at radius 2 is 2.05 bits per heavy atom. The number of carbonyl (C=O) groups is 1. The lowest BCUT2D eigenvalue weighted by atomic mass is 10.0. The molecular weight excluding hydrogens is 295 g/mol. The van der Waals surface area contributed by atoms with Crippen LogP contribution in [0.15, 0.2) is 23.1 Å². The van der Waals surface area contributed by atoms with Gasteiger partial charge in [-0.25, -0.2) is 12.8 Å². The number of halogens is 1. The van der Waals surface area contributed by atoms with E-state index in [-0.39, 0.29) is 35.2 Å². The molecule has 1 fully saturated rings. The van der Waals surface area contributed by atoms with E-state index >= 15 is 0 Å². The summed E-state index contributed by atoms with van der Waals surface area (Å²) in [6, 6.07) is 3.67. The van der Waals surface area contributed by atoms with Gasteiger partial charge in [-0.05, 0) is 43.0 Å². The van der Waals surface area contributed by atoms with Gasteiger partial charge in [0.25, 0.3) is 0 Å². The number of hydrogen-bond acceptors (Lipinski definition) is 4. The topological polar surface area (TPSA) is 75.3 Å². The summed E-state index contributed by atoms with van der Waals surface area (Å²) in [6.45, 7) is 0.108. The number of fused-ring (bicyclic) bond motifs is 1. The van der Waals surface area contributed by atoms with E-state index in [4.69, 9.17) is 0 Å². The fourth-order valence-electron chi connectivity index (χ4n) is 2.55. The molecule has 0 bridgehead atoms. The Morgan fingerprint density at radius 3 is 2.76 bits per heavy atom. The molecule has 1 aromatic carbocycles. The summed E-state index contributed by atoms with van der Waals surface area (Å²) in [5.41, 5.74) is 0.417. The summed E-state index contributed by atoms with van der Waals surface area (Å²) in [4.78, 5) is 11.8. The van der Waals surface area contributed by atoms with Crippen LogP contribution in [-0.2, 0) is 14.6 Å². The first-order valence-electron chi connectivity index (χ1n) is 7.01. The lowest BCUT2D eigenvalue weighted by Crippen LogP contribution is -2.38. The van der Waals surface area contributed by atoms with Gasteiger partial charge in [0.2, 0.25) is 5.91 Å². The van der Waals surface area contributed by atoms with Gasteiger partial charge in [0.15, 0.2) is 9.84 Å². The molecule has 1 aromatic rings. The van der Waals surface area contributed by atoms with Crippen LogP contribution < -0.4 is 10.6 Å². The quantitative estimate of drug-likeness (QED) is 0.811. The van der Waals surface area contributed by atoms with Gasteiger partial charge < -0.3 is 10.6 Å². The Kier molecular flexibility index (Phi) is 3.71. The zero-order valence-corrected chi connectivity index (χ0v) is 12.2. The third-order valence-corrected chi connectivity index (χ3v) is 5.62. The average Bonchev–Trinajstić information content (AvgIpc) is 3.21. The Morgan fingerprint density at radius 1 is 1.29 bits per heavy atom. The molecule has 1 aliphatic heterocycles. The highest BCUT2D eigenvalue weighted by Crippen LogP contribution is 2.32. The Labute approximate surface area is 122 Å². The molecular formula is C14H17FN2O3S. The molecule has 0 spiro atoms. The molecule has 0 aromatic heterocycles. The van der Waals surface area contributed by atoms with Crippen LogP contribution in [0, 0.1) is 5.82 Å². The molecule has 2 N–H and O–H groups in total. The van der Waals surface area contributed by atoms with Gasteiger partial charge in [0, 0.05) is 12.1 Å². The average molecular weight is 312 g/mol. The molecule has 3 rings (SSSR count). The third kappa shape index (κ3) is 3.24. The standard InChI is InChI=1S/C14H17FN2O3S/c15-9-1-4-13-11(7-9)12(5-6-21(13,19)20)16-8-14(18)17-10-2-3-10/h1,4,7,10,12,16H,2-3,5-6,8H2,(H,17,18). The molecule has 2 aliphatic rings. The van der Waals surface area contributed by atoms with Crippen molar-refractivity contribution in [2.24, 2.45) is 0 Å². The van der Waals surface area contributed by atoms with Crippen LogP contribution in [0.3, 0.4) is 0 Å². The van der Waals surface area contributed by atoms with Gasteiger partial charge in [-0.1, -0.05) is 0 Å². The largest absolute Gasteiger partial charge is 0.352 e. The highest BCUT2D eigenvalue weighted by Gasteiger charge is 2.31. The maximum Gasteiger partial charge on any atom is 0.234 e. The normalized spacial score (nSPS) is 23.4. The van der Waals surface area contributed by atoms with Gasteiger partial charge in [0.05, 0.1) is 17.2 Å². The Bertz CT molecular complexity index is 671. The highest BCUT2D eigenvalue weighted by molar-refractivity contribution is 7.91. The maximum atomic E-state index is 13.4. The van der Waals surface area contributed by atoms with E-state index in [0.29, 0.717) is 12.0 Å². The van der Waals surface area contributed by atoms with Crippen molar-refractivity contribution in [3.63, 3.8) is 0 Å². The molecule has 21 heavy (non-hydrogen) atoms. The molecule has 0 radical (unpaired) electrons. The molecule has 1 unspecified atom stereocenters. The maximum absolute atomic E-state index is 13.4. The monoisotopic (exact) mass is 312 g/mol. The van der Waals surface area contributed by atoms with Crippen molar-refractivity contribution in [3.05, 3.63) is 29.6 Å². The number of benzene rings is 1. The first-order valence-corrected chi connectivity index (χ1v) is 8.66. The summed E-state index contributed by atoms with van der Waals surface area (Å²) in [6.07, 6.45) is 2.37. The van der Waals surface area contributed by atoms with Crippen LogP contribution in [0.2, 0.25) is 0 Å². The van der Waals surface area contributed by atoms with Crippen molar-refractivity contribution in [3.8, 4) is 0 Å². The van der Waals surface area contributed by atoms with E-state index in [2.05, 4.69) is 10.6 Å². The van der Waals surface area contributed by atoms with Crippen LogP contribution >= 0.6 is 0 Å². The van der Waals surface area contributed by atoms with Gasteiger partial charge in [-0.3, -0.25) is 4.79 Å². The molecule has 1 aliphatic carbocycles. The smallest absolute Gasteiger partial charge is 0.234 e. The number of nitrogens with one attached hydrogen (secondary N) is 2. The summed E-state index contributed by atoms with van der Waals surface area (Å²) in [7, 11) is -3.35. The number of sulfone groups is 1. The van der Waals surface area contributed by atoms with Crippen LogP contribution in [-0.4, -0.2) is 32.7 Å². The Balaban J connectivity index is 1.74. The minimum absolute atomic E-state index is 0.00748. The molecule has 0 saturated heterocycles. The second kappa shape index (κ2) is 5.38. The predicted octanol–water partition coefficient (Wildman–Crippen LogP) is 0.912. The van der Waals surface area contributed by atoms with Gasteiger partial charge in [0.1, 0.15) is 5.82 Å². The van der Waals surface area contributed by atoms with E-state index in [1.807, 2.05) is 0 Å². The Hall–Kier alpha value is -1.47. The third-order valence-electron chi connectivity index (χ3n) is 3.81. The lowest BCUT2D eigenvalue weighted by molar-refractivity contribution is -0.120. The lowest BCUT2D eigenvalue weighted by Gasteiger charge is -2.26. The second-order valence-corrected chi connectivity index (χ2v) is 7.64. The van der Waals surface area contributed by atoms with Crippen LogP contribution in [0.5, 0.6) is 0 Å².